The molecule has 1 fully saturated rings. The summed E-state index contributed by atoms with van der Waals surface area (Å²) in [7, 11) is 2.09. The van der Waals surface area contributed by atoms with E-state index in [4.69, 9.17) is 0 Å². The quantitative estimate of drug-likeness (QED) is 0.920. The smallest absolute Gasteiger partial charge is 0.321 e. The molecule has 20 heavy (non-hydrogen) atoms. The van der Waals surface area contributed by atoms with Gasteiger partial charge in [-0.2, -0.15) is 0 Å². The lowest BCUT2D eigenvalue weighted by atomic mass is 10.0. The van der Waals surface area contributed by atoms with E-state index in [-0.39, 0.29) is 6.03 Å². The summed E-state index contributed by atoms with van der Waals surface area (Å²) in [6.07, 6.45) is 1.08. The van der Waals surface area contributed by atoms with E-state index in [2.05, 4.69) is 43.2 Å². The molecule has 4 nitrogen and oxygen atoms in total. The average molecular weight is 275 g/mol. The monoisotopic (exact) mass is 275 g/mol. The van der Waals surface area contributed by atoms with Crippen LogP contribution in [-0.2, 0) is 6.42 Å². The number of likely N-dealkylation sites (N-methyl/N-ethyl adjacent to an activating group) is 1. The summed E-state index contributed by atoms with van der Waals surface area (Å²) in [6.45, 7) is 7.91. The van der Waals surface area contributed by atoms with Gasteiger partial charge in [0.2, 0.25) is 0 Å². The molecule has 0 spiro atoms. The van der Waals surface area contributed by atoms with Crippen molar-refractivity contribution in [2.24, 2.45) is 5.92 Å². The number of anilines is 1. The van der Waals surface area contributed by atoms with Crippen molar-refractivity contribution in [2.45, 2.75) is 20.3 Å². The van der Waals surface area contributed by atoms with Crippen molar-refractivity contribution in [2.75, 3.05) is 38.5 Å². The Hall–Kier alpha value is -1.55. The maximum atomic E-state index is 12.1. The van der Waals surface area contributed by atoms with Crippen LogP contribution in [0.25, 0.3) is 0 Å². The second kappa shape index (κ2) is 6.75. The molecule has 110 valence electrons. The number of benzene rings is 1. The first kappa shape index (κ1) is 14.9. The Morgan fingerprint density at radius 1 is 1.15 bits per heavy atom. The van der Waals surface area contributed by atoms with Gasteiger partial charge in [0.05, 0.1) is 0 Å². The number of hydrogen-bond acceptors (Lipinski definition) is 2. The number of piperazine rings is 1. The van der Waals surface area contributed by atoms with Crippen LogP contribution in [0.5, 0.6) is 0 Å². The van der Waals surface area contributed by atoms with E-state index < -0.39 is 0 Å². The van der Waals surface area contributed by atoms with Gasteiger partial charge < -0.3 is 15.1 Å². The largest absolute Gasteiger partial charge is 0.322 e. The molecule has 1 saturated heterocycles. The molecule has 0 radical (unpaired) electrons. The highest BCUT2D eigenvalue weighted by molar-refractivity contribution is 5.89. The van der Waals surface area contributed by atoms with Crippen LogP contribution in [0.2, 0.25) is 0 Å². The normalized spacial score (nSPS) is 16.5. The van der Waals surface area contributed by atoms with Crippen LogP contribution in [0.4, 0.5) is 10.5 Å². The highest BCUT2D eigenvalue weighted by Crippen LogP contribution is 2.14. The van der Waals surface area contributed by atoms with Gasteiger partial charge in [-0.15, -0.1) is 0 Å². The van der Waals surface area contributed by atoms with Crippen LogP contribution in [0.1, 0.15) is 19.4 Å². The maximum absolute atomic E-state index is 12.1. The van der Waals surface area contributed by atoms with Crippen LogP contribution >= 0.6 is 0 Å². The zero-order valence-corrected chi connectivity index (χ0v) is 12.7. The second-order valence-electron chi connectivity index (χ2n) is 6.02. The van der Waals surface area contributed by atoms with E-state index in [1.54, 1.807) is 0 Å². The van der Waals surface area contributed by atoms with E-state index in [1.165, 1.54) is 5.56 Å². The summed E-state index contributed by atoms with van der Waals surface area (Å²) in [5.41, 5.74) is 2.19. The van der Waals surface area contributed by atoms with Gasteiger partial charge in [-0.3, -0.25) is 0 Å². The molecule has 1 N–H and O–H groups in total. The van der Waals surface area contributed by atoms with E-state index in [0.29, 0.717) is 5.92 Å². The number of urea groups is 1. The lowest BCUT2D eigenvalue weighted by Gasteiger charge is -2.32. The average Bonchev–Trinajstić information content (AvgIpc) is 2.41. The molecule has 1 aliphatic rings. The van der Waals surface area contributed by atoms with Crippen LogP contribution in [0, 0.1) is 5.92 Å². The first-order valence-electron chi connectivity index (χ1n) is 7.38. The minimum Gasteiger partial charge on any atom is -0.322 e. The van der Waals surface area contributed by atoms with Gasteiger partial charge in [0.25, 0.3) is 0 Å². The number of nitrogens with one attached hydrogen (secondary N) is 1. The van der Waals surface area contributed by atoms with Crippen molar-refractivity contribution < 1.29 is 4.79 Å². The van der Waals surface area contributed by atoms with E-state index in [9.17, 15) is 4.79 Å². The summed E-state index contributed by atoms with van der Waals surface area (Å²) < 4.78 is 0. The fourth-order valence-electron chi connectivity index (χ4n) is 2.41. The Morgan fingerprint density at radius 2 is 1.75 bits per heavy atom. The molecule has 0 saturated carbocycles. The summed E-state index contributed by atoms with van der Waals surface area (Å²) in [5, 5.41) is 2.98. The number of carbonyl (C=O) groups is 1. The molecule has 0 atom stereocenters. The molecular formula is C16H25N3O. The van der Waals surface area contributed by atoms with Crippen LogP contribution in [-0.4, -0.2) is 49.1 Å². The van der Waals surface area contributed by atoms with Crippen molar-refractivity contribution in [3.05, 3.63) is 29.8 Å². The Morgan fingerprint density at radius 3 is 2.30 bits per heavy atom. The predicted molar refractivity (Wildman–Crippen MR) is 83.1 cm³/mol. The summed E-state index contributed by atoms with van der Waals surface area (Å²) in [5.74, 6) is 0.654. The molecule has 0 aromatic heterocycles. The van der Waals surface area contributed by atoms with Crippen molar-refractivity contribution >= 4 is 11.7 Å². The molecule has 4 heteroatoms. The summed E-state index contributed by atoms with van der Waals surface area (Å²) >= 11 is 0. The van der Waals surface area contributed by atoms with Crippen molar-refractivity contribution in [3.8, 4) is 0 Å². The number of rotatable bonds is 3. The van der Waals surface area contributed by atoms with Crippen LogP contribution < -0.4 is 5.32 Å². The van der Waals surface area contributed by atoms with Gasteiger partial charge in [-0.1, -0.05) is 26.0 Å². The van der Waals surface area contributed by atoms with Gasteiger partial charge in [-0.05, 0) is 37.1 Å². The first-order valence-corrected chi connectivity index (χ1v) is 7.38. The van der Waals surface area contributed by atoms with Crippen molar-refractivity contribution in [1.29, 1.82) is 0 Å². The lowest BCUT2D eigenvalue weighted by Crippen LogP contribution is -2.48. The lowest BCUT2D eigenvalue weighted by molar-refractivity contribution is 0.164. The maximum Gasteiger partial charge on any atom is 0.321 e. The third kappa shape index (κ3) is 4.23. The summed E-state index contributed by atoms with van der Waals surface area (Å²) in [4.78, 5) is 16.3. The van der Waals surface area contributed by atoms with Gasteiger partial charge in [0, 0.05) is 31.9 Å². The van der Waals surface area contributed by atoms with E-state index in [1.807, 2.05) is 17.0 Å². The third-order valence-electron chi connectivity index (χ3n) is 3.64. The molecular weight excluding hydrogens is 250 g/mol. The molecule has 1 aromatic carbocycles. The SMILES string of the molecule is CC(C)Cc1ccc(NC(=O)N2CCN(C)CC2)cc1. The number of nitrogens with zero attached hydrogens (tertiary/aromatic N) is 2. The third-order valence-corrected chi connectivity index (χ3v) is 3.64. The van der Waals surface area contributed by atoms with Crippen LogP contribution in [0.15, 0.2) is 24.3 Å². The highest BCUT2D eigenvalue weighted by Gasteiger charge is 2.18. The molecule has 1 aromatic rings. The molecule has 0 bridgehead atoms. The minimum atomic E-state index is 0.00899. The first-order chi connectivity index (χ1) is 9.54. The Kier molecular flexibility index (Phi) is 5.01. The molecule has 2 rings (SSSR count). The Bertz CT molecular complexity index is 434. The summed E-state index contributed by atoms with van der Waals surface area (Å²) in [6, 6.07) is 8.19. The van der Waals surface area contributed by atoms with Crippen molar-refractivity contribution in [3.63, 3.8) is 0 Å². The molecule has 1 heterocycles. The Balaban J connectivity index is 1.88. The number of hydrogen-bond donors (Lipinski definition) is 1. The fourth-order valence-corrected chi connectivity index (χ4v) is 2.41. The van der Waals surface area contributed by atoms with Crippen molar-refractivity contribution in [1.82, 2.24) is 9.80 Å². The molecule has 1 aliphatic heterocycles. The highest BCUT2D eigenvalue weighted by atomic mass is 16.2. The van der Waals surface area contributed by atoms with Gasteiger partial charge in [0.15, 0.2) is 0 Å². The van der Waals surface area contributed by atoms with Crippen LogP contribution in [0.3, 0.4) is 0 Å². The van der Waals surface area contributed by atoms with Gasteiger partial charge in [-0.25, -0.2) is 4.79 Å². The molecule has 0 unspecified atom stereocenters. The van der Waals surface area contributed by atoms with E-state index >= 15 is 0 Å². The number of amides is 2. The molecule has 0 aliphatic carbocycles. The minimum absolute atomic E-state index is 0.00899. The standard InChI is InChI=1S/C16H25N3O/c1-13(2)12-14-4-6-15(7-5-14)17-16(20)19-10-8-18(3)9-11-19/h4-7,13H,8-12H2,1-3H3,(H,17,20). The second-order valence-corrected chi connectivity index (χ2v) is 6.02. The van der Waals surface area contributed by atoms with Gasteiger partial charge >= 0.3 is 6.03 Å². The molecule has 2 amide bonds. The zero-order valence-electron chi connectivity index (χ0n) is 12.7. The number of carbonyl (C=O) groups excluding carboxylic acids is 1. The Labute approximate surface area is 121 Å². The fraction of sp³-hybridized carbons (Fsp3) is 0.562. The topological polar surface area (TPSA) is 35.6 Å². The van der Waals surface area contributed by atoms with Gasteiger partial charge in [0.1, 0.15) is 0 Å². The zero-order chi connectivity index (χ0) is 14.5. The predicted octanol–water partition coefficient (Wildman–Crippen LogP) is 2.66. The van der Waals surface area contributed by atoms with E-state index in [0.717, 1.165) is 38.3 Å².